The molecule has 5 rings (SSSR count). The molecule has 0 saturated carbocycles. The Hall–Kier alpha value is -3.28. The van der Waals surface area contributed by atoms with Crippen molar-refractivity contribution in [3.05, 3.63) is 42.2 Å². The highest BCUT2D eigenvalue weighted by Crippen LogP contribution is 2.29. The molecule has 11 heteroatoms. The Morgan fingerprint density at radius 3 is 2.94 bits per heavy atom. The predicted molar refractivity (Wildman–Crippen MR) is 135 cm³/mol. The highest BCUT2D eigenvalue weighted by Gasteiger charge is 2.23. The van der Waals surface area contributed by atoms with Gasteiger partial charge in [0.15, 0.2) is 0 Å². The molecule has 0 aromatic carbocycles. The van der Waals surface area contributed by atoms with E-state index in [2.05, 4.69) is 36.2 Å². The molecule has 0 aliphatic carbocycles. The highest BCUT2D eigenvalue weighted by atomic mass is 32.2. The molecule has 182 valence electrons. The Morgan fingerprint density at radius 2 is 2.11 bits per heavy atom. The Kier molecular flexibility index (Phi) is 7.07. The largest absolute Gasteiger partial charge is 0.481 e. The van der Waals surface area contributed by atoms with E-state index in [1.165, 1.54) is 11.8 Å². The van der Waals surface area contributed by atoms with Crippen LogP contribution in [-0.4, -0.2) is 58.3 Å². The summed E-state index contributed by atoms with van der Waals surface area (Å²) in [6, 6.07) is 9.72. The van der Waals surface area contributed by atoms with Gasteiger partial charge in [0.25, 0.3) is 0 Å². The molecule has 2 aliphatic rings. The van der Waals surface area contributed by atoms with Gasteiger partial charge in [0.2, 0.25) is 17.7 Å². The average Bonchev–Trinajstić information content (AvgIpc) is 2.88. The van der Waals surface area contributed by atoms with E-state index in [4.69, 9.17) is 4.74 Å². The molecule has 2 atom stereocenters. The lowest BCUT2D eigenvalue weighted by atomic mass is 9.98. The predicted octanol–water partition coefficient (Wildman–Crippen LogP) is 2.32. The van der Waals surface area contributed by atoms with E-state index in [9.17, 15) is 9.59 Å². The van der Waals surface area contributed by atoms with Crippen molar-refractivity contribution in [2.45, 2.75) is 42.8 Å². The van der Waals surface area contributed by atoms with Crippen molar-refractivity contribution in [3.8, 4) is 5.88 Å². The van der Waals surface area contributed by atoms with Crippen LogP contribution in [0, 0.1) is 0 Å². The van der Waals surface area contributed by atoms with Gasteiger partial charge in [-0.25, -0.2) is 9.97 Å². The number of nitrogens with one attached hydrogen (secondary N) is 4. The van der Waals surface area contributed by atoms with Crippen molar-refractivity contribution in [1.82, 2.24) is 25.6 Å². The average molecular weight is 494 g/mol. The van der Waals surface area contributed by atoms with Crippen molar-refractivity contribution in [3.63, 3.8) is 0 Å². The third-order valence-electron chi connectivity index (χ3n) is 6.09. The Bertz CT molecular complexity index is 1250. The van der Waals surface area contributed by atoms with Crippen LogP contribution in [0.4, 0.5) is 11.5 Å². The van der Waals surface area contributed by atoms with Gasteiger partial charge in [-0.1, -0.05) is 0 Å². The second-order valence-electron chi connectivity index (χ2n) is 8.58. The number of anilines is 2. The number of pyridine rings is 3. The van der Waals surface area contributed by atoms with E-state index >= 15 is 0 Å². The zero-order valence-corrected chi connectivity index (χ0v) is 20.2. The number of aromatic nitrogens is 3. The van der Waals surface area contributed by atoms with Crippen LogP contribution in [-0.2, 0) is 16.1 Å². The molecule has 3 aromatic heterocycles. The van der Waals surface area contributed by atoms with Crippen LogP contribution < -0.4 is 26.0 Å². The van der Waals surface area contributed by atoms with Crippen LogP contribution in [0.3, 0.4) is 0 Å². The maximum atomic E-state index is 12.7. The number of hydrogen-bond donors (Lipinski definition) is 4. The first-order valence-electron chi connectivity index (χ1n) is 11.6. The van der Waals surface area contributed by atoms with Gasteiger partial charge >= 0.3 is 0 Å². The monoisotopic (exact) mass is 493 g/mol. The van der Waals surface area contributed by atoms with Gasteiger partial charge in [0, 0.05) is 43.9 Å². The Labute approximate surface area is 207 Å². The van der Waals surface area contributed by atoms with Gasteiger partial charge in [-0.15, -0.1) is 11.8 Å². The fourth-order valence-corrected chi connectivity index (χ4v) is 5.02. The molecule has 0 radical (unpaired) electrons. The lowest BCUT2D eigenvalue weighted by molar-refractivity contribution is -0.117. The molecule has 0 bridgehead atoms. The molecular weight excluding hydrogens is 466 g/mol. The second-order valence-corrected chi connectivity index (χ2v) is 9.60. The number of rotatable bonds is 7. The minimum Gasteiger partial charge on any atom is -0.481 e. The minimum atomic E-state index is -0.0656. The maximum Gasteiger partial charge on any atom is 0.235 e. The summed E-state index contributed by atoms with van der Waals surface area (Å²) >= 11 is 1.51. The molecule has 4 N–H and O–H groups in total. The van der Waals surface area contributed by atoms with Crippen LogP contribution in [0.2, 0.25) is 0 Å². The van der Waals surface area contributed by atoms with E-state index in [0.717, 1.165) is 30.0 Å². The van der Waals surface area contributed by atoms with E-state index in [1.807, 2.05) is 18.2 Å². The van der Waals surface area contributed by atoms with Crippen molar-refractivity contribution < 1.29 is 14.3 Å². The van der Waals surface area contributed by atoms with E-state index in [-0.39, 0.29) is 23.9 Å². The van der Waals surface area contributed by atoms with Gasteiger partial charge in [-0.2, -0.15) is 0 Å². The van der Waals surface area contributed by atoms with Crippen molar-refractivity contribution >= 4 is 46.1 Å². The molecule has 5 heterocycles. The molecule has 10 nitrogen and oxygen atoms in total. The maximum absolute atomic E-state index is 12.7. The topological polar surface area (TPSA) is 130 Å². The minimum absolute atomic E-state index is 0.0141. The fraction of sp³-hybridized carbons (Fsp3) is 0.375. The smallest absolute Gasteiger partial charge is 0.235 e. The number of hydrogen-bond acceptors (Lipinski definition) is 9. The Balaban J connectivity index is 1.10. The Morgan fingerprint density at radius 1 is 1.20 bits per heavy atom. The zero-order chi connectivity index (χ0) is 24.2. The summed E-state index contributed by atoms with van der Waals surface area (Å²) in [5.74, 6) is 1.48. The van der Waals surface area contributed by atoms with Gasteiger partial charge in [0.05, 0.1) is 34.7 Å². The first-order valence-corrected chi connectivity index (χ1v) is 12.5. The number of ether oxygens (including phenoxy) is 1. The van der Waals surface area contributed by atoms with Crippen molar-refractivity contribution in [2.24, 2.45) is 0 Å². The van der Waals surface area contributed by atoms with Gasteiger partial charge in [-0.3, -0.25) is 14.6 Å². The quantitative estimate of drug-likeness (QED) is 0.392. The molecule has 2 unspecified atom stereocenters. The highest BCUT2D eigenvalue weighted by molar-refractivity contribution is 8.00. The van der Waals surface area contributed by atoms with Crippen LogP contribution in [0.5, 0.6) is 5.88 Å². The third-order valence-corrected chi connectivity index (χ3v) is 7.14. The first-order chi connectivity index (χ1) is 17.1. The number of thioether (sulfide) groups is 1. The molecular formula is C24H27N7O3S. The summed E-state index contributed by atoms with van der Waals surface area (Å²) in [6.07, 6.45) is 3.88. The van der Waals surface area contributed by atoms with Gasteiger partial charge in [-0.05, 0) is 37.1 Å². The normalized spacial score (nSPS) is 19.6. The van der Waals surface area contributed by atoms with Crippen molar-refractivity contribution in [2.75, 3.05) is 30.0 Å². The number of methoxy groups -OCH3 is 1. The number of nitrogens with zero attached hydrogens (tertiary/aromatic N) is 3. The number of piperidine rings is 1. The third kappa shape index (κ3) is 5.69. The first kappa shape index (κ1) is 23.5. The van der Waals surface area contributed by atoms with Crippen LogP contribution >= 0.6 is 11.8 Å². The summed E-state index contributed by atoms with van der Waals surface area (Å²) in [5, 5.41) is 12.8. The molecule has 0 spiro atoms. The molecule has 1 saturated heterocycles. The fourth-order valence-electron chi connectivity index (χ4n) is 4.26. The summed E-state index contributed by atoms with van der Waals surface area (Å²) in [6.45, 7) is 1.39. The molecule has 35 heavy (non-hydrogen) atoms. The SMILES string of the molecule is COc1ccc2nccc(NC(=O)CC3CCC(NCc4ccc5c(n4)NC(=O)CS5)CN3)c2n1. The van der Waals surface area contributed by atoms with Crippen LogP contribution in [0.1, 0.15) is 25.0 Å². The van der Waals surface area contributed by atoms with E-state index in [1.54, 1.807) is 25.4 Å². The standard InChI is InChI=1S/C24H27N7O3S/c1-34-22-7-5-17-23(31-22)18(8-9-25-17)29-20(32)10-14-2-3-15(11-26-14)27-12-16-4-6-19-24(28-16)30-21(33)13-35-19/h4-9,14-15,26-27H,2-3,10-13H2,1H3,(H,25,29,32)(H,28,30,33). The number of fused-ring (bicyclic) bond motifs is 2. The van der Waals surface area contributed by atoms with Crippen LogP contribution in [0.15, 0.2) is 41.4 Å². The number of carbonyl (C=O) groups excluding carboxylic acids is 2. The molecule has 1 fully saturated rings. The van der Waals surface area contributed by atoms with Crippen LogP contribution in [0.25, 0.3) is 11.0 Å². The zero-order valence-electron chi connectivity index (χ0n) is 19.3. The summed E-state index contributed by atoms with van der Waals surface area (Å²) in [4.78, 5) is 38.6. The van der Waals surface area contributed by atoms with E-state index < -0.39 is 0 Å². The van der Waals surface area contributed by atoms with E-state index in [0.29, 0.717) is 47.1 Å². The van der Waals surface area contributed by atoms with Gasteiger partial charge in [0.1, 0.15) is 11.3 Å². The molecule has 2 amide bonds. The lowest BCUT2D eigenvalue weighted by Crippen LogP contribution is -2.48. The summed E-state index contributed by atoms with van der Waals surface area (Å²) in [7, 11) is 1.56. The van der Waals surface area contributed by atoms with Gasteiger partial charge < -0.3 is 26.0 Å². The summed E-state index contributed by atoms with van der Waals surface area (Å²) < 4.78 is 5.20. The summed E-state index contributed by atoms with van der Waals surface area (Å²) in [5.41, 5.74) is 2.82. The lowest BCUT2D eigenvalue weighted by Gasteiger charge is -2.30. The molecule has 3 aromatic rings. The van der Waals surface area contributed by atoms with Crippen molar-refractivity contribution in [1.29, 1.82) is 0 Å². The molecule has 2 aliphatic heterocycles. The second kappa shape index (κ2) is 10.5. The number of carbonyl (C=O) groups is 2. The number of amides is 2.